The van der Waals surface area contributed by atoms with E-state index in [1.165, 1.54) is 4.70 Å². The Morgan fingerprint density at radius 3 is 2.45 bits per heavy atom. The van der Waals surface area contributed by atoms with Gasteiger partial charge in [-0.05, 0) is 73.7 Å². The third-order valence-electron chi connectivity index (χ3n) is 7.82. The number of carbonyl (C=O) groups excluding carboxylic acids is 2. The lowest BCUT2D eigenvalue weighted by molar-refractivity contribution is -0.122. The number of thiophene rings is 1. The Balaban J connectivity index is 1.39. The van der Waals surface area contributed by atoms with Gasteiger partial charge < -0.3 is 9.47 Å². The molecule has 210 valence electrons. The lowest BCUT2D eigenvalue weighted by atomic mass is 9.97. The molecule has 0 unspecified atom stereocenters. The van der Waals surface area contributed by atoms with E-state index >= 15 is 0 Å². The van der Waals surface area contributed by atoms with Gasteiger partial charge in [0.2, 0.25) is 0 Å². The first-order chi connectivity index (χ1) is 20.4. The highest BCUT2D eigenvalue weighted by atomic mass is 35.5. The van der Waals surface area contributed by atoms with Crippen LogP contribution in [0.25, 0.3) is 43.0 Å². The highest BCUT2D eigenvalue weighted by molar-refractivity contribution is 7.17. The SMILES string of the molecule is CN(C)CCCn1nc(C2=C(c3cn(Cc4csc5ccc(Cl)cc45)c4ccccc34)C(=O)NC2=O)c2ccccc21. The van der Waals surface area contributed by atoms with Gasteiger partial charge in [0.15, 0.2) is 0 Å². The van der Waals surface area contributed by atoms with Crippen molar-refractivity contribution in [3.8, 4) is 0 Å². The van der Waals surface area contributed by atoms with Crippen LogP contribution in [0, 0.1) is 0 Å². The maximum Gasteiger partial charge on any atom is 0.261 e. The second kappa shape index (κ2) is 10.5. The van der Waals surface area contributed by atoms with E-state index in [-0.39, 0.29) is 0 Å². The highest BCUT2D eigenvalue weighted by Crippen LogP contribution is 2.39. The predicted octanol–water partition coefficient (Wildman–Crippen LogP) is 6.43. The highest BCUT2D eigenvalue weighted by Gasteiger charge is 2.36. The quantitative estimate of drug-likeness (QED) is 0.207. The fraction of sp³-hybridized carbons (Fsp3) is 0.182. The van der Waals surface area contributed by atoms with Crippen LogP contribution in [0.3, 0.4) is 0 Å². The van der Waals surface area contributed by atoms with E-state index in [0.717, 1.165) is 45.7 Å². The minimum absolute atomic E-state index is 0.318. The summed E-state index contributed by atoms with van der Waals surface area (Å²) in [6.45, 7) is 2.22. The summed E-state index contributed by atoms with van der Waals surface area (Å²) < 4.78 is 5.27. The van der Waals surface area contributed by atoms with E-state index in [1.54, 1.807) is 11.3 Å². The fourth-order valence-electron chi connectivity index (χ4n) is 5.89. The van der Waals surface area contributed by atoms with Crippen LogP contribution in [0.5, 0.6) is 0 Å². The summed E-state index contributed by atoms with van der Waals surface area (Å²) in [5, 5.41) is 13.2. The van der Waals surface area contributed by atoms with Crippen LogP contribution in [0.2, 0.25) is 5.02 Å². The zero-order chi connectivity index (χ0) is 29.0. The molecule has 0 atom stereocenters. The molecule has 3 aromatic carbocycles. The number of rotatable bonds is 8. The van der Waals surface area contributed by atoms with E-state index in [4.69, 9.17) is 16.7 Å². The number of fused-ring (bicyclic) bond motifs is 3. The minimum Gasteiger partial charge on any atom is -0.342 e. The molecule has 0 bridgehead atoms. The lowest BCUT2D eigenvalue weighted by Crippen LogP contribution is -2.22. The molecule has 2 amide bonds. The van der Waals surface area contributed by atoms with Crippen molar-refractivity contribution in [2.24, 2.45) is 0 Å². The summed E-state index contributed by atoms with van der Waals surface area (Å²) in [4.78, 5) is 29.1. The average molecular weight is 594 g/mol. The fourth-order valence-corrected chi connectivity index (χ4v) is 7.00. The van der Waals surface area contributed by atoms with Crippen molar-refractivity contribution in [1.29, 1.82) is 0 Å². The Morgan fingerprint density at radius 2 is 1.64 bits per heavy atom. The molecule has 7 rings (SSSR count). The van der Waals surface area contributed by atoms with Crippen molar-refractivity contribution in [3.05, 3.63) is 100 Å². The monoisotopic (exact) mass is 593 g/mol. The molecule has 0 saturated carbocycles. The zero-order valence-electron chi connectivity index (χ0n) is 23.2. The molecule has 0 aliphatic carbocycles. The smallest absolute Gasteiger partial charge is 0.261 e. The normalized spacial score (nSPS) is 13.9. The van der Waals surface area contributed by atoms with E-state index in [1.807, 2.05) is 91.7 Å². The van der Waals surface area contributed by atoms with E-state index in [0.29, 0.717) is 40.5 Å². The first-order valence-electron chi connectivity index (χ1n) is 13.8. The molecule has 9 heteroatoms. The third-order valence-corrected chi connectivity index (χ3v) is 9.06. The number of imide groups is 1. The van der Waals surface area contributed by atoms with Gasteiger partial charge in [0.1, 0.15) is 5.69 Å². The first-order valence-corrected chi connectivity index (χ1v) is 15.1. The molecular formula is C33H28ClN5O2S. The number of halogens is 1. The maximum absolute atomic E-state index is 13.5. The lowest BCUT2D eigenvalue weighted by Gasteiger charge is -2.09. The number of carbonyl (C=O) groups is 2. The second-order valence-corrected chi connectivity index (χ2v) is 12.2. The van der Waals surface area contributed by atoms with Gasteiger partial charge in [-0.15, -0.1) is 11.3 Å². The summed E-state index contributed by atoms with van der Waals surface area (Å²) in [6.07, 6.45) is 2.90. The standard InChI is InChI=1S/C33H28ClN5O2S/c1-37(2)14-7-15-39-27-11-6-4-9-23(27)31(36-39)30-29(32(40)35-33(30)41)25-18-38(26-10-5-3-8-22(25)26)17-20-19-42-28-13-12-21(34)16-24(20)28/h3-6,8-13,16,18-19H,7,14-15,17H2,1-2H3,(H,35,40,41). The number of amides is 2. The van der Waals surface area contributed by atoms with Gasteiger partial charge in [0.25, 0.3) is 11.8 Å². The van der Waals surface area contributed by atoms with Crippen molar-refractivity contribution in [2.75, 3.05) is 20.6 Å². The molecule has 1 aliphatic rings. The van der Waals surface area contributed by atoms with Gasteiger partial charge in [-0.2, -0.15) is 5.10 Å². The van der Waals surface area contributed by atoms with Crippen LogP contribution >= 0.6 is 22.9 Å². The predicted molar refractivity (Wildman–Crippen MR) is 171 cm³/mol. The number of hydrogen-bond donors (Lipinski definition) is 1. The Morgan fingerprint density at radius 1 is 0.905 bits per heavy atom. The van der Waals surface area contributed by atoms with E-state index in [9.17, 15) is 9.59 Å². The summed E-state index contributed by atoms with van der Waals surface area (Å²) in [6, 6.07) is 21.8. The van der Waals surface area contributed by atoms with Crippen molar-refractivity contribution >= 4 is 77.8 Å². The van der Waals surface area contributed by atoms with Gasteiger partial charge in [-0.25, -0.2) is 0 Å². The molecule has 1 N–H and O–H groups in total. The van der Waals surface area contributed by atoms with E-state index < -0.39 is 11.8 Å². The Hall–Kier alpha value is -4.24. The molecule has 0 saturated heterocycles. The van der Waals surface area contributed by atoms with Crippen LogP contribution in [-0.4, -0.2) is 51.7 Å². The second-order valence-electron chi connectivity index (χ2n) is 10.9. The Bertz CT molecular complexity index is 2070. The topological polar surface area (TPSA) is 72.2 Å². The van der Waals surface area contributed by atoms with Gasteiger partial charge in [-0.3, -0.25) is 19.6 Å². The van der Waals surface area contributed by atoms with Crippen LogP contribution in [0.1, 0.15) is 23.2 Å². The zero-order valence-corrected chi connectivity index (χ0v) is 24.8. The number of nitrogens with zero attached hydrogens (tertiary/aromatic N) is 4. The summed E-state index contributed by atoms with van der Waals surface area (Å²) >= 11 is 8.02. The maximum atomic E-state index is 13.5. The molecule has 6 aromatic rings. The average Bonchev–Trinajstić information content (AvgIpc) is 3.71. The number of para-hydroxylation sites is 2. The first kappa shape index (κ1) is 26.6. The van der Waals surface area contributed by atoms with Gasteiger partial charge in [0, 0.05) is 50.9 Å². The van der Waals surface area contributed by atoms with Crippen molar-refractivity contribution in [2.45, 2.75) is 19.5 Å². The largest absolute Gasteiger partial charge is 0.342 e. The molecule has 0 radical (unpaired) electrons. The molecule has 4 heterocycles. The van der Waals surface area contributed by atoms with E-state index in [2.05, 4.69) is 20.2 Å². The van der Waals surface area contributed by atoms with Crippen LogP contribution in [0.15, 0.2) is 78.3 Å². The third kappa shape index (κ3) is 4.52. The minimum atomic E-state index is -0.422. The molecule has 1 aliphatic heterocycles. The van der Waals surface area contributed by atoms with Crippen molar-refractivity contribution < 1.29 is 9.59 Å². The molecule has 3 aromatic heterocycles. The number of benzene rings is 3. The van der Waals surface area contributed by atoms with Crippen molar-refractivity contribution in [1.82, 2.24) is 24.6 Å². The summed E-state index contributed by atoms with van der Waals surface area (Å²) in [5.74, 6) is -0.828. The van der Waals surface area contributed by atoms with Crippen molar-refractivity contribution in [3.63, 3.8) is 0 Å². The molecule has 0 fully saturated rings. The number of nitrogens with one attached hydrogen (secondary N) is 1. The van der Waals surface area contributed by atoms with Gasteiger partial charge >= 0.3 is 0 Å². The summed E-state index contributed by atoms with van der Waals surface area (Å²) in [5.41, 5.74) is 4.99. The molecule has 42 heavy (non-hydrogen) atoms. The molecule has 7 nitrogen and oxygen atoms in total. The number of hydrogen-bond acceptors (Lipinski definition) is 5. The van der Waals surface area contributed by atoms with Crippen LogP contribution in [-0.2, 0) is 22.7 Å². The molecular weight excluding hydrogens is 566 g/mol. The molecule has 0 spiro atoms. The number of aryl methyl sites for hydroxylation is 1. The van der Waals surface area contributed by atoms with Crippen LogP contribution < -0.4 is 5.32 Å². The Labute approximate surface area is 251 Å². The van der Waals surface area contributed by atoms with Gasteiger partial charge in [0.05, 0.1) is 16.7 Å². The Kier molecular flexibility index (Phi) is 6.69. The number of aromatic nitrogens is 3. The van der Waals surface area contributed by atoms with Crippen LogP contribution in [0.4, 0.5) is 0 Å². The summed E-state index contributed by atoms with van der Waals surface area (Å²) in [7, 11) is 4.09. The van der Waals surface area contributed by atoms with Gasteiger partial charge in [-0.1, -0.05) is 48.0 Å².